The number of carbonyl (C=O) groups excluding carboxylic acids is 1. The van der Waals surface area contributed by atoms with Gasteiger partial charge in [-0.1, -0.05) is 13.8 Å². The van der Waals surface area contributed by atoms with E-state index in [2.05, 4.69) is 0 Å². The van der Waals surface area contributed by atoms with E-state index < -0.39 is 0 Å². The molecule has 0 bridgehead atoms. The van der Waals surface area contributed by atoms with Crippen molar-refractivity contribution < 1.29 is 9.18 Å². The minimum atomic E-state index is -0.242. The zero-order valence-electron chi connectivity index (χ0n) is 12.8. The average Bonchev–Trinajstić information content (AvgIpc) is 2.40. The van der Waals surface area contributed by atoms with Crippen LogP contribution < -0.4 is 5.73 Å². The Morgan fingerprint density at radius 1 is 1.33 bits per heavy atom. The van der Waals surface area contributed by atoms with Crippen LogP contribution in [0.1, 0.15) is 20.3 Å². The lowest BCUT2D eigenvalue weighted by Gasteiger charge is -2.29. The molecule has 6 heteroatoms. The van der Waals surface area contributed by atoms with E-state index in [1.807, 2.05) is 20.9 Å². The van der Waals surface area contributed by atoms with Crippen molar-refractivity contribution in [3.05, 3.63) is 30.1 Å². The molecule has 0 aliphatic rings. The molecule has 0 unspecified atom stereocenters. The van der Waals surface area contributed by atoms with Crippen molar-refractivity contribution in [2.45, 2.75) is 25.2 Å². The fourth-order valence-corrected chi connectivity index (χ4v) is 2.61. The van der Waals surface area contributed by atoms with Gasteiger partial charge in [0.25, 0.3) is 0 Å². The molecule has 0 spiro atoms. The van der Waals surface area contributed by atoms with Gasteiger partial charge in [-0.25, -0.2) is 4.39 Å². The van der Waals surface area contributed by atoms with Crippen molar-refractivity contribution in [3.8, 4) is 0 Å². The van der Waals surface area contributed by atoms with Crippen molar-refractivity contribution in [1.29, 1.82) is 0 Å². The van der Waals surface area contributed by atoms with Crippen LogP contribution in [0, 0.1) is 11.2 Å². The Morgan fingerprint density at radius 2 is 1.90 bits per heavy atom. The summed E-state index contributed by atoms with van der Waals surface area (Å²) in [6.07, 6.45) is 0.471. The summed E-state index contributed by atoms with van der Waals surface area (Å²) >= 11 is 1.56. The minimum Gasteiger partial charge on any atom is -0.345 e. The van der Waals surface area contributed by atoms with Gasteiger partial charge in [-0.05, 0) is 36.2 Å². The Balaban J connectivity index is 0.00000400. The van der Waals surface area contributed by atoms with Crippen molar-refractivity contribution in [2.24, 2.45) is 11.1 Å². The molecule has 0 aromatic heterocycles. The molecule has 1 rings (SSSR count). The third-order valence-corrected chi connectivity index (χ3v) is 4.06. The van der Waals surface area contributed by atoms with E-state index in [0.717, 1.165) is 4.90 Å². The molecule has 0 saturated heterocycles. The van der Waals surface area contributed by atoms with Crippen LogP contribution in [0.15, 0.2) is 29.2 Å². The maximum atomic E-state index is 12.8. The second-order valence-electron chi connectivity index (χ2n) is 5.67. The second-order valence-corrected chi connectivity index (χ2v) is 6.84. The average molecular weight is 335 g/mol. The van der Waals surface area contributed by atoms with Gasteiger partial charge in [0.2, 0.25) is 5.91 Å². The maximum absolute atomic E-state index is 12.8. The highest BCUT2D eigenvalue weighted by atomic mass is 35.5. The summed E-state index contributed by atoms with van der Waals surface area (Å²) in [4.78, 5) is 14.7. The topological polar surface area (TPSA) is 46.3 Å². The van der Waals surface area contributed by atoms with Crippen molar-refractivity contribution in [2.75, 3.05) is 25.9 Å². The summed E-state index contributed by atoms with van der Waals surface area (Å²) in [6.45, 7) is 5.30. The van der Waals surface area contributed by atoms with Gasteiger partial charge in [0, 0.05) is 30.7 Å². The first kappa shape index (κ1) is 20.2. The number of thioether (sulfide) groups is 1. The summed E-state index contributed by atoms with van der Waals surface area (Å²) in [5.41, 5.74) is 5.61. The van der Waals surface area contributed by atoms with E-state index in [1.165, 1.54) is 12.1 Å². The van der Waals surface area contributed by atoms with E-state index in [0.29, 0.717) is 25.3 Å². The third-order valence-electron chi connectivity index (χ3n) is 3.04. The van der Waals surface area contributed by atoms with Gasteiger partial charge in [-0.15, -0.1) is 24.2 Å². The Morgan fingerprint density at radius 3 is 2.43 bits per heavy atom. The number of nitrogens with two attached hydrogens (primary N) is 1. The van der Waals surface area contributed by atoms with Gasteiger partial charge in [0.1, 0.15) is 5.82 Å². The van der Waals surface area contributed by atoms with E-state index in [4.69, 9.17) is 5.73 Å². The van der Waals surface area contributed by atoms with Crippen LogP contribution in [-0.2, 0) is 4.79 Å². The monoisotopic (exact) mass is 334 g/mol. The molecule has 0 saturated carbocycles. The first-order valence-electron chi connectivity index (χ1n) is 6.66. The predicted molar refractivity (Wildman–Crippen MR) is 89.5 cm³/mol. The number of hydrogen-bond donors (Lipinski definition) is 1. The van der Waals surface area contributed by atoms with Crippen LogP contribution in [0.3, 0.4) is 0 Å². The number of hydrogen-bond acceptors (Lipinski definition) is 3. The predicted octanol–water partition coefficient (Wildman–Crippen LogP) is 3.17. The molecule has 0 aliphatic carbocycles. The standard InChI is InChI=1S/C15H23FN2OS.ClH/c1-15(2,10-17)11-18(3)14(19)8-9-20-13-6-4-12(16)5-7-13;/h4-7H,8-11,17H2,1-3H3;1H. The fourth-order valence-electron chi connectivity index (χ4n) is 1.77. The quantitative estimate of drug-likeness (QED) is 0.779. The fraction of sp³-hybridized carbons (Fsp3) is 0.533. The molecule has 0 aliphatic heterocycles. The molecule has 1 aromatic carbocycles. The number of benzene rings is 1. The van der Waals surface area contributed by atoms with Gasteiger partial charge in [-0.3, -0.25) is 4.79 Å². The van der Waals surface area contributed by atoms with Crippen molar-refractivity contribution in [3.63, 3.8) is 0 Å². The van der Waals surface area contributed by atoms with E-state index in [-0.39, 0.29) is 29.5 Å². The summed E-state index contributed by atoms with van der Waals surface area (Å²) in [5.74, 6) is 0.563. The number of carbonyl (C=O) groups is 1. The third kappa shape index (κ3) is 7.69. The Bertz CT molecular complexity index is 440. The largest absolute Gasteiger partial charge is 0.345 e. The van der Waals surface area contributed by atoms with Gasteiger partial charge >= 0.3 is 0 Å². The molecule has 1 amide bonds. The van der Waals surface area contributed by atoms with Crippen LogP contribution in [0.5, 0.6) is 0 Å². The molecule has 1 aromatic rings. The summed E-state index contributed by atoms with van der Waals surface area (Å²) in [7, 11) is 1.81. The summed E-state index contributed by atoms with van der Waals surface area (Å²) < 4.78 is 12.8. The molecule has 3 nitrogen and oxygen atoms in total. The number of halogens is 2. The highest BCUT2D eigenvalue weighted by molar-refractivity contribution is 7.99. The molecular weight excluding hydrogens is 311 g/mol. The van der Waals surface area contributed by atoms with E-state index >= 15 is 0 Å². The molecule has 0 radical (unpaired) electrons. The molecule has 120 valence electrons. The Labute approximate surface area is 136 Å². The van der Waals surface area contributed by atoms with E-state index in [9.17, 15) is 9.18 Å². The molecular formula is C15H24ClFN2OS. The number of rotatable bonds is 7. The Hall–Kier alpha value is -0.780. The van der Waals surface area contributed by atoms with Gasteiger partial charge in [-0.2, -0.15) is 0 Å². The summed E-state index contributed by atoms with van der Waals surface area (Å²) in [6, 6.07) is 6.32. The first-order valence-corrected chi connectivity index (χ1v) is 7.65. The highest BCUT2D eigenvalue weighted by Crippen LogP contribution is 2.20. The van der Waals surface area contributed by atoms with Crippen LogP contribution >= 0.6 is 24.2 Å². The number of nitrogens with zero attached hydrogens (tertiary/aromatic N) is 1. The van der Waals surface area contributed by atoms with Gasteiger partial charge in [0.15, 0.2) is 0 Å². The first-order chi connectivity index (χ1) is 9.34. The smallest absolute Gasteiger partial charge is 0.223 e. The lowest BCUT2D eigenvalue weighted by molar-refractivity contribution is -0.130. The lowest BCUT2D eigenvalue weighted by Crippen LogP contribution is -2.39. The molecule has 0 atom stereocenters. The highest BCUT2D eigenvalue weighted by Gasteiger charge is 2.20. The second kappa shape index (κ2) is 9.28. The zero-order valence-corrected chi connectivity index (χ0v) is 14.4. The van der Waals surface area contributed by atoms with E-state index in [1.54, 1.807) is 28.8 Å². The van der Waals surface area contributed by atoms with Crippen LogP contribution in [0.4, 0.5) is 4.39 Å². The SMILES string of the molecule is CN(CC(C)(C)CN)C(=O)CCSc1ccc(F)cc1.Cl. The molecule has 0 heterocycles. The summed E-state index contributed by atoms with van der Waals surface area (Å²) in [5, 5.41) is 0. The van der Waals surface area contributed by atoms with Gasteiger partial charge < -0.3 is 10.6 Å². The molecule has 21 heavy (non-hydrogen) atoms. The minimum absolute atomic E-state index is 0. The molecule has 0 fully saturated rings. The van der Waals surface area contributed by atoms with Crippen LogP contribution in [-0.4, -0.2) is 36.7 Å². The van der Waals surface area contributed by atoms with Crippen molar-refractivity contribution >= 4 is 30.1 Å². The number of amides is 1. The Kier molecular flexibility index (Phi) is 8.94. The van der Waals surface area contributed by atoms with Crippen LogP contribution in [0.2, 0.25) is 0 Å². The van der Waals surface area contributed by atoms with Crippen molar-refractivity contribution in [1.82, 2.24) is 4.90 Å². The normalized spacial score (nSPS) is 10.9. The van der Waals surface area contributed by atoms with Gasteiger partial charge in [0.05, 0.1) is 0 Å². The maximum Gasteiger partial charge on any atom is 0.223 e. The van der Waals surface area contributed by atoms with Crippen LogP contribution in [0.25, 0.3) is 0 Å². The molecule has 2 N–H and O–H groups in total. The lowest BCUT2D eigenvalue weighted by atomic mass is 9.93. The zero-order chi connectivity index (χ0) is 15.2.